The molecule has 2 unspecified atom stereocenters. The Bertz CT molecular complexity index is 568. The van der Waals surface area contributed by atoms with E-state index in [0.29, 0.717) is 12.6 Å². The zero-order chi connectivity index (χ0) is 15.0. The third-order valence-electron chi connectivity index (χ3n) is 3.60. The van der Waals surface area contributed by atoms with Crippen molar-refractivity contribution in [2.24, 2.45) is 0 Å². The first-order valence-electron chi connectivity index (χ1n) is 7.38. The van der Waals surface area contributed by atoms with Gasteiger partial charge in [-0.05, 0) is 44.9 Å². The highest BCUT2D eigenvalue weighted by Crippen LogP contribution is 2.27. The topological polar surface area (TPSA) is 52.5 Å². The number of hydrogen-bond acceptors (Lipinski definition) is 4. The number of fused-ring (bicyclic) bond motifs is 2. The molecule has 2 atom stereocenters. The highest BCUT2D eigenvalue weighted by atomic mass is 16.6. The van der Waals surface area contributed by atoms with E-state index in [4.69, 9.17) is 9.47 Å². The second-order valence-electron chi connectivity index (χ2n) is 6.65. The fourth-order valence-electron chi connectivity index (χ4n) is 2.83. The number of hydrogen-bond donors (Lipinski definition) is 1. The summed E-state index contributed by atoms with van der Waals surface area (Å²) in [4.78, 5) is 12.3. The molecule has 0 spiro atoms. The van der Waals surface area contributed by atoms with E-state index in [-0.39, 0.29) is 12.1 Å². The summed E-state index contributed by atoms with van der Waals surface area (Å²) in [7, 11) is 0. The van der Waals surface area contributed by atoms with Crippen molar-refractivity contribution in [1.82, 2.24) is 9.88 Å². The number of morpholine rings is 1. The summed E-state index contributed by atoms with van der Waals surface area (Å²) in [5, 5.41) is 3.50. The Kier molecular flexibility index (Phi) is 3.63. The van der Waals surface area contributed by atoms with Crippen molar-refractivity contribution in [3.8, 4) is 0 Å². The summed E-state index contributed by atoms with van der Waals surface area (Å²) >= 11 is 0. The van der Waals surface area contributed by atoms with E-state index >= 15 is 0 Å². The van der Waals surface area contributed by atoms with E-state index in [1.165, 1.54) is 5.57 Å². The molecule has 0 aromatic carbocycles. The normalized spacial score (nSPS) is 25.4. The zero-order valence-corrected chi connectivity index (χ0v) is 12.8. The Morgan fingerprint density at radius 1 is 1.43 bits per heavy atom. The third-order valence-corrected chi connectivity index (χ3v) is 3.60. The van der Waals surface area contributed by atoms with Crippen molar-refractivity contribution in [2.45, 2.75) is 44.9 Å². The number of nitrogens with zero attached hydrogens (tertiary/aromatic N) is 1. The number of nitrogens with one attached hydrogen (secondary N) is 1. The van der Waals surface area contributed by atoms with Gasteiger partial charge in [-0.25, -0.2) is 4.79 Å². The summed E-state index contributed by atoms with van der Waals surface area (Å²) < 4.78 is 12.6. The molecule has 2 aliphatic rings. The van der Waals surface area contributed by atoms with E-state index in [2.05, 4.69) is 11.4 Å². The zero-order valence-electron chi connectivity index (χ0n) is 12.8. The van der Waals surface area contributed by atoms with Crippen LogP contribution in [0.1, 0.15) is 32.9 Å². The van der Waals surface area contributed by atoms with Crippen molar-refractivity contribution in [2.75, 3.05) is 13.2 Å². The Morgan fingerprint density at radius 3 is 2.95 bits per heavy atom. The Morgan fingerprint density at radius 2 is 2.24 bits per heavy atom. The molecule has 2 aliphatic heterocycles. The van der Waals surface area contributed by atoms with E-state index in [1.54, 1.807) is 10.8 Å². The van der Waals surface area contributed by atoms with E-state index in [1.807, 2.05) is 32.9 Å². The molecule has 0 radical (unpaired) electrons. The summed E-state index contributed by atoms with van der Waals surface area (Å²) in [5.74, 6) is 0. The van der Waals surface area contributed by atoms with Crippen LogP contribution in [0.25, 0.3) is 5.57 Å². The van der Waals surface area contributed by atoms with Crippen LogP contribution in [-0.2, 0) is 9.47 Å². The molecule has 1 aromatic rings. The first kappa shape index (κ1) is 14.4. The van der Waals surface area contributed by atoms with Crippen LogP contribution in [0.5, 0.6) is 0 Å². The summed E-state index contributed by atoms with van der Waals surface area (Å²) in [5.41, 5.74) is 1.61. The Balaban J connectivity index is 1.85. The minimum atomic E-state index is -0.495. The second kappa shape index (κ2) is 5.31. The van der Waals surface area contributed by atoms with Gasteiger partial charge >= 0.3 is 6.09 Å². The number of rotatable bonds is 1. The van der Waals surface area contributed by atoms with Crippen LogP contribution in [0, 0.1) is 0 Å². The van der Waals surface area contributed by atoms with Gasteiger partial charge in [0.2, 0.25) is 0 Å². The fraction of sp³-hybridized carbons (Fsp3) is 0.562. The lowest BCUT2D eigenvalue weighted by atomic mass is 9.95. The molecule has 5 nitrogen and oxygen atoms in total. The van der Waals surface area contributed by atoms with Gasteiger partial charge in [-0.2, -0.15) is 0 Å². The van der Waals surface area contributed by atoms with Gasteiger partial charge in [0.25, 0.3) is 0 Å². The average Bonchev–Trinajstić information content (AvgIpc) is 2.85. The molecule has 1 N–H and O–H groups in total. The van der Waals surface area contributed by atoms with Crippen LogP contribution in [0.2, 0.25) is 0 Å². The van der Waals surface area contributed by atoms with Crippen LogP contribution in [0.3, 0.4) is 0 Å². The summed E-state index contributed by atoms with van der Waals surface area (Å²) in [6.45, 7) is 7.03. The van der Waals surface area contributed by atoms with Gasteiger partial charge in [-0.1, -0.05) is 6.08 Å². The van der Waals surface area contributed by atoms with E-state index in [9.17, 15) is 4.79 Å². The van der Waals surface area contributed by atoms with Crippen LogP contribution < -0.4 is 5.32 Å². The molecule has 0 aliphatic carbocycles. The molecule has 2 bridgehead atoms. The maximum atomic E-state index is 12.3. The van der Waals surface area contributed by atoms with Crippen molar-refractivity contribution in [1.29, 1.82) is 0 Å². The maximum Gasteiger partial charge on any atom is 0.418 e. The third kappa shape index (κ3) is 3.19. The Labute approximate surface area is 124 Å². The van der Waals surface area contributed by atoms with Crippen molar-refractivity contribution in [3.63, 3.8) is 0 Å². The molecule has 0 amide bonds. The van der Waals surface area contributed by atoms with Crippen molar-refractivity contribution >= 4 is 11.7 Å². The van der Waals surface area contributed by atoms with Gasteiger partial charge in [0.1, 0.15) is 5.60 Å². The lowest BCUT2D eigenvalue weighted by Crippen LogP contribution is -2.50. The van der Waals surface area contributed by atoms with Crippen LogP contribution >= 0.6 is 0 Å². The van der Waals surface area contributed by atoms with Gasteiger partial charge < -0.3 is 14.8 Å². The van der Waals surface area contributed by atoms with Crippen LogP contribution in [0.15, 0.2) is 24.4 Å². The van der Waals surface area contributed by atoms with Gasteiger partial charge in [-0.3, -0.25) is 4.57 Å². The molecule has 1 saturated heterocycles. The lowest BCUT2D eigenvalue weighted by Gasteiger charge is -2.35. The molecule has 3 heterocycles. The van der Waals surface area contributed by atoms with Gasteiger partial charge in [0.05, 0.1) is 18.9 Å². The number of aromatic nitrogens is 1. The molecule has 0 saturated carbocycles. The Hall–Kier alpha value is -1.59. The molecule has 21 heavy (non-hydrogen) atoms. The predicted octanol–water partition coefficient (Wildman–Crippen LogP) is 2.42. The number of ether oxygens (including phenoxy) is 2. The predicted molar refractivity (Wildman–Crippen MR) is 80.2 cm³/mol. The minimum Gasteiger partial charge on any atom is -0.443 e. The smallest absolute Gasteiger partial charge is 0.418 e. The molecule has 3 rings (SSSR count). The van der Waals surface area contributed by atoms with Crippen molar-refractivity contribution in [3.05, 3.63) is 30.1 Å². The first-order chi connectivity index (χ1) is 9.92. The maximum absolute atomic E-state index is 12.3. The molecule has 5 heteroatoms. The van der Waals surface area contributed by atoms with Crippen LogP contribution in [0.4, 0.5) is 4.79 Å². The average molecular weight is 290 g/mol. The quantitative estimate of drug-likeness (QED) is 0.863. The molecular formula is C16H22N2O3. The molecular weight excluding hydrogens is 268 g/mol. The monoisotopic (exact) mass is 290 g/mol. The van der Waals surface area contributed by atoms with Gasteiger partial charge in [0.15, 0.2) is 0 Å². The minimum absolute atomic E-state index is 0.231. The fourth-order valence-corrected chi connectivity index (χ4v) is 2.83. The largest absolute Gasteiger partial charge is 0.443 e. The summed E-state index contributed by atoms with van der Waals surface area (Å²) in [6.07, 6.45) is 4.46. The molecule has 1 fully saturated rings. The van der Waals surface area contributed by atoms with Crippen LogP contribution in [-0.4, -0.2) is 41.6 Å². The molecule has 1 aromatic heterocycles. The van der Waals surface area contributed by atoms with Gasteiger partial charge in [0, 0.05) is 18.3 Å². The standard InChI is InChI=1S/C16H22N2O3/c1-16(2,3)21-15(19)18-6-4-5-14(18)11-7-12-9-20-10-13(8-11)17-12/h4-7,12-13,17H,8-10H2,1-3H3. The van der Waals surface area contributed by atoms with E-state index < -0.39 is 5.60 Å². The number of carbonyl (C=O) groups is 1. The second-order valence-corrected chi connectivity index (χ2v) is 6.65. The van der Waals surface area contributed by atoms with E-state index in [0.717, 1.165) is 18.7 Å². The summed E-state index contributed by atoms with van der Waals surface area (Å²) in [6, 6.07) is 4.41. The van der Waals surface area contributed by atoms with Gasteiger partial charge in [-0.15, -0.1) is 0 Å². The highest BCUT2D eigenvalue weighted by molar-refractivity contribution is 5.78. The SMILES string of the molecule is CC(C)(C)OC(=O)n1cccc1C1=CC2COCC(C1)N2. The molecule has 114 valence electrons. The lowest BCUT2D eigenvalue weighted by molar-refractivity contribution is 0.0529. The highest BCUT2D eigenvalue weighted by Gasteiger charge is 2.28. The first-order valence-corrected chi connectivity index (χ1v) is 7.38. The van der Waals surface area contributed by atoms with Crippen molar-refractivity contribution < 1.29 is 14.3 Å². The number of carbonyl (C=O) groups excluding carboxylic acids is 1.